The van der Waals surface area contributed by atoms with Gasteiger partial charge in [-0.15, -0.1) is 0 Å². The minimum absolute atomic E-state index is 0.0260. The number of hydrogen-bond donors (Lipinski definition) is 1. The predicted molar refractivity (Wildman–Crippen MR) is 129 cm³/mol. The fourth-order valence-electron chi connectivity index (χ4n) is 5.13. The van der Waals surface area contributed by atoms with Crippen LogP contribution < -0.4 is 10.1 Å². The maximum absolute atomic E-state index is 14.0. The molecule has 2 fully saturated rings. The number of nitrogens with one attached hydrogen (secondary N) is 1. The first kappa shape index (κ1) is 25.1. The summed E-state index contributed by atoms with van der Waals surface area (Å²) in [5.74, 6) is -1.47. The molecule has 1 unspecified atom stereocenters. The monoisotopic (exact) mass is 485 g/mol. The second-order valence-corrected chi connectivity index (χ2v) is 9.29. The summed E-state index contributed by atoms with van der Waals surface area (Å²) in [7, 11) is 1.66. The molecule has 0 aliphatic carbocycles. The van der Waals surface area contributed by atoms with Crippen LogP contribution in [0.2, 0.25) is 0 Å². The summed E-state index contributed by atoms with van der Waals surface area (Å²) in [5.41, 5.74) is 0.925. The van der Waals surface area contributed by atoms with Crippen LogP contribution in [0.1, 0.15) is 54.1 Å². The van der Waals surface area contributed by atoms with Gasteiger partial charge < -0.3 is 15.0 Å². The molecule has 2 amide bonds. The number of piperidine rings is 2. The lowest BCUT2D eigenvalue weighted by Gasteiger charge is -2.36. The number of nitrogens with zero attached hydrogens (tertiary/aromatic N) is 2. The highest BCUT2D eigenvalue weighted by Crippen LogP contribution is 2.31. The van der Waals surface area contributed by atoms with Gasteiger partial charge in [0, 0.05) is 37.2 Å². The normalized spacial score (nSPS) is 18.2. The number of para-hydroxylation sites is 1. The van der Waals surface area contributed by atoms with Crippen molar-refractivity contribution >= 4 is 11.8 Å². The van der Waals surface area contributed by atoms with Crippen molar-refractivity contribution in [2.45, 2.75) is 38.1 Å². The summed E-state index contributed by atoms with van der Waals surface area (Å²) in [6, 6.07) is 10.9. The molecule has 2 aliphatic rings. The van der Waals surface area contributed by atoms with Crippen LogP contribution in [-0.2, 0) is 4.79 Å². The smallest absolute Gasteiger partial charge is 0.256 e. The van der Waals surface area contributed by atoms with Crippen LogP contribution in [0, 0.1) is 17.6 Å². The van der Waals surface area contributed by atoms with Gasteiger partial charge in [0.2, 0.25) is 5.91 Å². The molecular formula is C27H33F2N3O3. The molecule has 6 nitrogen and oxygen atoms in total. The van der Waals surface area contributed by atoms with Crippen molar-refractivity contribution in [3.05, 3.63) is 65.2 Å². The molecule has 2 heterocycles. The van der Waals surface area contributed by atoms with Crippen LogP contribution in [0.4, 0.5) is 8.78 Å². The van der Waals surface area contributed by atoms with Crippen LogP contribution >= 0.6 is 0 Å². The van der Waals surface area contributed by atoms with E-state index in [0.717, 1.165) is 43.3 Å². The summed E-state index contributed by atoms with van der Waals surface area (Å²) in [6.45, 7) is 3.17. The first-order valence-electron chi connectivity index (χ1n) is 12.4. The van der Waals surface area contributed by atoms with Gasteiger partial charge in [0.05, 0.1) is 18.7 Å². The third-order valence-electron chi connectivity index (χ3n) is 7.11. The Balaban J connectivity index is 1.36. The first-order valence-corrected chi connectivity index (χ1v) is 12.4. The first-order chi connectivity index (χ1) is 17.0. The molecule has 35 heavy (non-hydrogen) atoms. The minimum Gasteiger partial charge on any atom is -0.496 e. The molecule has 188 valence electrons. The van der Waals surface area contributed by atoms with Crippen molar-refractivity contribution in [2.75, 3.05) is 39.8 Å². The van der Waals surface area contributed by atoms with E-state index in [-0.39, 0.29) is 23.4 Å². The highest BCUT2D eigenvalue weighted by Gasteiger charge is 2.31. The Hall–Kier alpha value is -3.00. The van der Waals surface area contributed by atoms with Gasteiger partial charge >= 0.3 is 0 Å². The van der Waals surface area contributed by atoms with E-state index in [4.69, 9.17) is 4.74 Å². The van der Waals surface area contributed by atoms with Gasteiger partial charge in [-0.05, 0) is 57.0 Å². The lowest BCUT2D eigenvalue weighted by Crippen LogP contribution is -2.45. The fourth-order valence-corrected chi connectivity index (χ4v) is 5.13. The largest absolute Gasteiger partial charge is 0.496 e. The van der Waals surface area contributed by atoms with Gasteiger partial charge in [0.15, 0.2) is 0 Å². The topological polar surface area (TPSA) is 61.9 Å². The van der Waals surface area contributed by atoms with E-state index in [1.54, 1.807) is 7.11 Å². The van der Waals surface area contributed by atoms with Crippen molar-refractivity contribution < 1.29 is 23.1 Å². The minimum atomic E-state index is -0.866. The van der Waals surface area contributed by atoms with E-state index >= 15 is 0 Å². The second-order valence-electron chi connectivity index (χ2n) is 9.29. The molecule has 1 atom stereocenters. The molecule has 1 N–H and O–H groups in total. The molecule has 8 heteroatoms. The van der Waals surface area contributed by atoms with E-state index in [1.165, 1.54) is 17.4 Å². The molecule has 0 radical (unpaired) electrons. The van der Waals surface area contributed by atoms with Crippen LogP contribution in [-0.4, -0.2) is 61.4 Å². The highest BCUT2D eigenvalue weighted by atomic mass is 19.1. The number of halogens is 2. The summed E-state index contributed by atoms with van der Waals surface area (Å²) in [6.07, 6.45) is 4.51. The number of likely N-dealkylation sites (tertiary alicyclic amines) is 2. The summed E-state index contributed by atoms with van der Waals surface area (Å²) >= 11 is 0. The summed E-state index contributed by atoms with van der Waals surface area (Å²) in [4.78, 5) is 29.7. The standard InChI is InChI=1S/C27H33F2N3O3/c1-35-25-8-4-3-7-22(25)24(31-13-5-2-6-14-31)18-30-26(33)19-11-15-32(16-12-19)27(34)21-10-9-20(28)17-23(21)29/h3-4,7-10,17,19,24H,2,5-6,11-16,18H2,1H3,(H,30,33). The van der Waals surface area contributed by atoms with Gasteiger partial charge in [0.25, 0.3) is 5.91 Å². The number of amides is 2. The Kier molecular flexibility index (Phi) is 8.33. The van der Waals surface area contributed by atoms with E-state index < -0.39 is 17.5 Å². The molecule has 0 bridgehead atoms. The number of methoxy groups -OCH3 is 1. The van der Waals surface area contributed by atoms with E-state index in [9.17, 15) is 18.4 Å². The van der Waals surface area contributed by atoms with E-state index in [2.05, 4.69) is 16.3 Å². The predicted octanol–water partition coefficient (Wildman–Crippen LogP) is 4.17. The van der Waals surface area contributed by atoms with Crippen molar-refractivity contribution in [1.29, 1.82) is 0 Å². The second kappa shape index (κ2) is 11.6. The summed E-state index contributed by atoms with van der Waals surface area (Å²) < 4.78 is 32.8. The lowest BCUT2D eigenvalue weighted by molar-refractivity contribution is -0.126. The fraction of sp³-hybridized carbons (Fsp3) is 0.481. The van der Waals surface area contributed by atoms with Crippen LogP contribution in [0.5, 0.6) is 5.75 Å². The third-order valence-corrected chi connectivity index (χ3v) is 7.11. The third kappa shape index (κ3) is 5.99. The average Bonchev–Trinajstić information content (AvgIpc) is 2.89. The van der Waals surface area contributed by atoms with Crippen molar-refractivity contribution in [3.8, 4) is 5.75 Å². The maximum atomic E-state index is 14.0. The Morgan fingerprint density at radius 1 is 1.03 bits per heavy atom. The molecule has 0 spiro atoms. The molecule has 2 aromatic rings. The molecule has 2 aliphatic heterocycles. The Morgan fingerprint density at radius 3 is 2.43 bits per heavy atom. The number of carbonyl (C=O) groups excluding carboxylic acids is 2. The van der Waals surface area contributed by atoms with Gasteiger partial charge in [-0.3, -0.25) is 14.5 Å². The number of benzene rings is 2. The summed E-state index contributed by atoms with van der Waals surface area (Å²) in [5, 5.41) is 3.15. The number of rotatable bonds is 7. The Bertz CT molecular complexity index is 1030. The van der Waals surface area contributed by atoms with Crippen LogP contribution in [0.3, 0.4) is 0 Å². The number of hydrogen-bond acceptors (Lipinski definition) is 4. The van der Waals surface area contributed by atoms with Gasteiger partial charge in [-0.1, -0.05) is 24.6 Å². The average molecular weight is 486 g/mol. The maximum Gasteiger partial charge on any atom is 0.256 e. The quantitative estimate of drug-likeness (QED) is 0.640. The van der Waals surface area contributed by atoms with E-state index in [0.29, 0.717) is 38.5 Å². The Morgan fingerprint density at radius 2 is 1.74 bits per heavy atom. The highest BCUT2D eigenvalue weighted by molar-refractivity contribution is 5.94. The van der Waals surface area contributed by atoms with Crippen LogP contribution in [0.25, 0.3) is 0 Å². The number of carbonyl (C=O) groups is 2. The zero-order valence-electron chi connectivity index (χ0n) is 20.1. The number of ether oxygens (including phenoxy) is 1. The molecule has 0 aromatic heterocycles. The van der Waals surface area contributed by atoms with Crippen molar-refractivity contribution in [2.24, 2.45) is 5.92 Å². The van der Waals surface area contributed by atoms with Gasteiger partial charge in [-0.25, -0.2) is 8.78 Å². The molecule has 0 saturated carbocycles. The van der Waals surface area contributed by atoms with Gasteiger partial charge in [-0.2, -0.15) is 0 Å². The van der Waals surface area contributed by atoms with E-state index in [1.807, 2.05) is 18.2 Å². The Labute approximate surface area is 205 Å². The van der Waals surface area contributed by atoms with Crippen molar-refractivity contribution in [1.82, 2.24) is 15.1 Å². The van der Waals surface area contributed by atoms with Crippen LogP contribution in [0.15, 0.2) is 42.5 Å². The SMILES string of the molecule is COc1ccccc1C(CNC(=O)C1CCN(C(=O)c2ccc(F)cc2F)CC1)N1CCCCC1. The molecular weight excluding hydrogens is 452 g/mol. The van der Waals surface area contributed by atoms with Crippen molar-refractivity contribution in [3.63, 3.8) is 0 Å². The lowest BCUT2D eigenvalue weighted by atomic mass is 9.94. The zero-order chi connectivity index (χ0) is 24.8. The molecule has 4 rings (SSSR count). The molecule has 2 saturated heterocycles. The zero-order valence-corrected chi connectivity index (χ0v) is 20.1. The molecule has 2 aromatic carbocycles. The van der Waals surface area contributed by atoms with Gasteiger partial charge in [0.1, 0.15) is 17.4 Å².